The maximum Gasteiger partial charge on any atom is 0.240 e. The van der Waals surface area contributed by atoms with E-state index in [1.807, 2.05) is 6.07 Å². The minimum absolute atomic E-state index is 0.0419. The molecule has 4 heteroatoms. The molecule has 0 spiro atoms. The molecule has 4 aliphatic rings. The molecule has 120 valence electrons. The molecule has 4 fully saturated rings. The third kappa shape index (κ3) is 2.50. The largest absolute Gasteiger partial charge is 0.240 e. The van der Waals surface area contributed by atoms with E-state index in [0.717, 1.165) is 23.7 Å². The number of rotatable bonds is 4. The Morgan fingerprint density at radius 2 is 1.50 bits per heavy atom. The number of hydrogen-bond acceptors (Lipinski definition) is 2. The van der Waals surface area contributed by atoms with Crippen molar-refractivity contribution in [3.8, 4) is 0 Å². The molecule has 1 N–H and O–H groups in total. The van der Waals surface area contributed by atoms with Crippen molar-refractivity contribution in [2.75, 3.05) is 0 Å². The van der Waals surface area contributed by atoms with Crippen LogP contribution in [0.5, 0.6) is 0 Å². The summed E-state index contributed by atoms with van der Waals surface area (Å²) in [5.74, 6) is 3.87. The molecule has 0 saturated heterocycles. The molecule has 5 rings (SSSR count). The van der Waals surface area contributed by atoms with Crippen LogP contribution in [0.15, 0.2) is 35.2 Å². The van der Waals surface area contributed by atoms with Crippen molar-refractivity contribution in [1.82, 2.24) is 4.72 Å². The molecular weight excluding hydrogens is 294 g/mol. The van der Waals surface area contributed by atoms with E-state index in [1.54, 1.807) is 24.3 Å². The van der Waals surface area contributed by atoms with Crippen LogP contribution < -0.4 is 4.72 Å². The Balaban J connectivity index is 1.52. The molecule has 4 aliphatic carbocycles. The van der Waals surface area contributed by atoms with Crippen molar-refractivity contribution in [3.05, 3.63) is 30.3 Å². The van der Waals surface area contributed by atoms with E-state index in [4.69, 9.17) is 0 Å². The maximum absolute atomic E-state index is 12.6. The van der Waals surface area contributed by atoms with Crippen molar-refractivity contribution in [1.29, 1.82) is 0 Å². The van der Waals surface area contributed by atoms with Gasteiger partial charge in [0.15, 0.2) is 0 Å². The molecule has 4 saturated carbocycles. The number of benzene rings is 1. The lowest BCUT2D eigenvalue weighted by Gasteiger charge is -2.56. The minimum Gasteiger partial charge on any atom is -0.208 e. The Bertz CT molecular complexity index is 612. The van der Waals surface area contributed by atoms with Crippen LogP contribution in [-0.2, 0) is 10.0 Å². The third-order valence-corrected chi connectivity index (χ3v) is 7.85. The van der Waals surface area contributed by atoms with Crippen LogP contribution in [0.25, 0.3) is 0 Å². The zero-order chi connectivity index (χ0) is 15.3. The highest BCUT2D eigenvalue weighted by atomic mass is 32.2. The van der Waals surface area contributed by atoms with Gasteiger partial charge in [-0.15, -0.1) is 0 Å². The number of hydrogen-bond donors (Lipinski definition) is 1. The Morgan fingerprint density at radius 3 is 2.05 bits per heavy atom. The lowest BCUT2D eigenvalue weighted by Crippen LogP contribution is -2.52. The van der Waals surface area contributed by atoms with E-state index < -0.39 is 10.0 Å². The second-order valence-electron chi connectivity index (χ2n) is 7.73. The fraction of sp³-hybridized carbons (Fsp3) is 0.667. The lowest BCUT2D eigenvalue weighted by molar-refractivity contribution is -0.0463. The van der Waals surface area contributed by atoms with Gasteiger partial charge in [0.2, 0.25) is 10.0 Å². The van der Waals surface area contributed by atoms with Crippen LogP contribution in [0, 0.1) is 29.6 Å². The van der Waals surface area contributed by atoms with E-state index in [9.17, 15) is 8.42 Å². The van der Waals surface area contributed by atoms with Crippen LogP contribution in [-0.4, -0.2) is 14.5 Å². The fourth-order valence-electron chi connectivity index (χ4n) is 5.77. The highest BCUT2D eigenvalue weighted by Gasteiger charge is 2.50. The van der Waals surface area contributed by atoms with E-state index in [-0.39, 0.29) is 6.04 Å². The molecule has 4 bridgehead atoms. The van der Waals surface area contributed by atoms with Gasteiger partial charge in [-0.25, -0.2) is 13.1 Å². The van der Waals surface area contributed by atoms with Gasteiger partial charge in [0.25, 0.3) is 0 Å². The van der Waals surface area contributed by atoms with E-state index in [0.29, 0.717) is 10.8 Å². The molecule has 0 aliphatic heterocycles. The quantitative estimate of drug-likeness (QED) is 0.924. The van der Waals surface area contributed by atoms with Crippen molar-refractivity contribution < 1.29 is 8.42 Å². The summed E-state index contributed by atoms with van der Waals surface area (Å²) in [7, 11) is -3.39. The van der Waals surface area contributed by atoms with Crippen LogP contribution in [0.2, 0.25) is 0 Å². The first-order valence-electron chi connectivity index (χ1n) is 8.60. The third-order valence-electron chi connectivity index (χ3n) is 6.27. The molecule has 1 aromatic carbocycles. The topological polar surface area (TPSA) is 46.2 Å². The molecule has 22 heavy (non-hydrogen) atoms. The molecule has 1 unspecified atom stereocenters. The Hall–Kier alpha value is -0.870. The summed E-state index contributed by atoms with van der Waals surface area (Å²) in [5, 5.41) is 0. The second-order valence-corrected chi connectivity index (χ2v) is 9.45. The smallest absolute Gasteiger partial charge is 0.208 e. The van der Waals surface area contributed by atoms with Gasteiger partial charge in [-0.3, -0.25) is 0 Å². The summed E-state index contributed by atoms with van der Waals surface area (Å²) in [4.78, 5) is 0.380. The van der Waals surface area contributed by atoms with Crippen molar-refractivity contribution >= 4 is 10.0 Å². The van der Waals surface area contributed by atoms with Gasteiger partial charge < -0.3 is 0 Å². The van der Waals surface area contributed by atoms with Crippen LogP contribution in [0.3, 0.4) is 0 Å². The van der Waals surface area contributed by atoms with Gasteiger partial charge in [0.1, 0.15) is 0 Å². The molecule has 0 heterocycles. The van der Waals surface area contributed by atoms with Crippen molar-refractivity contribution in [3.63, 3.8) is 0 Å². The standard InChI is InChI=1S/C18H25NO2S/c1-12(19-22(20,21)17-5-3-2-4-6-17)18-15-8-13-7-14(10-15)11-16(18)9-13/h2-6,12-16,18-19H,7-11H2,1H3. The van der Waals surface area contributed by atoms with E-state index in [2.05, 4.69) is 11.6 Å². The van der Waals surface area contributed by atoms with Crippen LogP contribution >= 0.6 is 0 Å². The number of nitrogens with one attached hydrogen (secondary N) is 1. The number of sulfonamides is 1. The fourth-order valence-corrected chi connectivity index (χ4v) is 7.07. The zero-order valence-electron chi connectivity index (χ0n) is 13.1. The maximum atomic E-state index is 12.6. The highest BCUT2D eigenvalue weighted by Crippen LogP contribution is 2.57. The van der Waals surface area contributed by atoms with Crippen LogP contribution in [0.4, 0.5) is 0 Å². The molecule has 1 aromatic rings. The lowest BCUT2D eigenvalue weighted by atomic mass is 9.51. The average molecular weight is 319 g/mol. The molecule has 0 radical (unpaired) electrons. The molecule has 3 nitrogen and oxygen atoms in total. The molecule has 1 atom stereocenters. The van der Waals surface area contributed by atoms with Gasteiger partial charge in [-0.05, 0) is 80.8 Å². The summed E-state index contributed by atoms with van der Waals surface area (Å²) in [6.07, 6.45) is 6.75. The minimum atomic E-state index is -3.39. The Labute approximate surface area is 133 Å². The Morgan fingerprint density at radius 1 is 0.955 bits per heavy atom. The van der Waals surface area contributed by atoms with Gasteiger partial charge in [0.05, 0.1) is 4.90 Å². The Kier molecular flexibility index (Phi) is 3.57. The summed E-state index contributed by atoms with van der Waals surface area (Å²) in [6.45, 7) is 2.08. The normalized spacial score (nSPS) is 38.1. The average Bonchev–Trinajstić information content (AvgIpc) is 2.46. The molecule has 0 aromatic heterocycles. The summed E-state index contributed by atoms with van der Waals surface area (Å²) in [6, 6.07) is 8.79. The first kappa shape index (κ1) is 14.7. The van der Waals surface area contributed by atoms with Crippen molar-refractivity contribution in [2.45, 2.75) is 50.0 Å². The second kappa shape index (κ2) is 5.34. The molecule has 0 amide bonds. The monoisotopic (exact) mass is 319 g/mol. The van der Waals surface area contributed by atoms with Crippen LogP contribution in [0.1, 0.15) is 39.0 Å². The first-order chi connectivity index (χ1) is 10.5. The SMILES string of the molecule is CC(NS(=O)(=O)c1ccccc1)C1C2CC3CC(C2)CC1C3. The van der Waals surface area contributed by atoms with Gasteiger partial charge in [0, 0.05) is 6.04 Å². The van der Waals surface area contributed by atoms with Crippen molar-refractivity contribution in [2.24, 2.45) is 29.6 Å². The summed E-state index contributed by atoms with van der Waals surface area (Å²) < 4.78 is 28.1. The zero-order valence-corrected chi connectivity index (χ0v) is 13.9. The predicted molar refractivity (Wildman–Crippen MR) is 86.8 cm³/mol. The van der Waals surface area contributed by atoms with E-state index >= 15 is 0 Å². The van der Waals surface area contributed by atoms with Gasteiger partial charge in [-0.1, -0.05) is 18.2 Å². The first-order valence-corrected chi connectivity index (χ1v) is 10.1. The predicted octanol–water partition coefficient (Wildman–Crippen LogP) is 3.43. The summed E-state index contributed by atoms with van der Waals surface area (Å²) >= 11 is 0. The van der Waals surface area contributed by atoms with Gasteiger partial charge in [-0.2, -0.15) is 0 Å². The molecular formula is C18H25NO2S. The summed E-state index contributed by atoms with van der Waals surface area (Å²) in [5.41, 5.74) is 0. The highest BCUT2D eigenvalue weighted by molar-refractivity contribution is 7.89. The van der Waals surface area contributed by atoms with E-state index in [1.165, 1.54) is 32.1 Å². The van der Waals surface area contributed by atoms with Gasteiger partial charge >= 0.3 is 0 Å².